The summed E-state index contributed by atoms with van der Waals surface area (Å²) in [5, 5.41) is 8.44. The number of hydrogen-bond donors (Lipinski definition) is 1. The monoisotopic (exact) mass is 260 g/mol. The second-order valence-corrected chi connectivity index (χ2v) is 3.45. The first-order chi connectivity index (χ1) is 8.34. The fourth-order valence-corrected chi connectivity index (χ4v) is 1.31. The van der Waals surface area contributed by atoms with Crippen LogP contribution in [0, 0.1) is 0 Å². The molecular formula is C12H11F3O3. The highest BCUT2D eigenvalue weighted by Gasteiger charge is 2.31. The van der Waals surface area contributed by atoms with Crippen LogP contribution in [0.2, 0.25) is 0 Å². The number of carboxylic acids is 1. The smallest absolute Gasteiger partial charge is 0.416 e. The van der Waals surface area contributed by atoms with Crippen molar-refractivity contribution in [3.63, 3.8) is 0 Å². The van der Waals surface area contributed by atoms with Crippen LogP contribution in [0.15, 0.2) is 24.3 Å². The molecule has 6 heteroatoms. The lowest BCUT2D eigenvalue weighted by molar-refractivity contribution is -0.138. The average molecular weight is 260 g/mol. The van der Waals surface area contributed by atoms with Gasteiger partial charge >= 0.3 is 12.1 Å². The van der Waals surface area contributed by atoms with Crippen molar-refractivity contribution in [3.05, 3.63) is 35.4 Å². The molecule has 0 fully saturated rings. The van der Waals surface area contributed by atoms with Crippen molar-refractivity contribution in [2.24, 2.45) is 0 Å². The fraction of sp³-hybridized carbons (Fsp3) is 0.250. The molecule has 0 aliphatic rings. The molecule has 98 valence electrons. The first-order valence-corrected chi connectivity index (χ1v) is 4.98. The summed E-state index contributed by atoms with van der Waals surface area (Å²) in [5.74, 6) is -0.969. The van der Waals surface area contributed by atoms with Gasteiger partial charge in [0.15, 0.2) is 0 Å². The number of ether oxygens (including phenoxy) is 1. The minimum absolute atomic E-state index is 0.0477. The molecule has 1 N–H and O–H groups in total. The lowest BCUT2D eigenvalue weighted by Crippen LogP contribution is -2.05. The highest BCUT2D eigenvalue weighted by molar-refractivity contribution is 5.71. The van der Waals surface area contributed by atoms with Gasteiger partial charge in [-0.2, -0.15) is 13.2 Å². The molecule has 0 unspecified atom stereocenters. The third-order valence-electron chi connectivity index (χ3n) is 2.15. The molecule has 0 bridgehead atoms. The predicted octanol–water partition coefficient (Wildman–Crippen LogP) is 3.20. The largest absolute Gasteiger partial charge is 0.496 e. The molecule has 18 heavy (non-hydrogen) atoms. The summed E-state index contributed by atoms with van der Waals surface area (Å²) in [4.78, 5) is 10.3. The van der Waals surface area contributed by atoms with Gasteiger partial charge in [-0.05, 0) is 12.1 Å². The first-order valence-electron chi connectivity index (χ1n) is 4.98. The average Bonchev–Trinajstić information content (AvgIpc) is 2.27. The van der Waals surface area contributed by atoms with Gasteiger partial charge in [-0.15, -0.1) is 0 Å². The first kappa shape index (κ1) is 14.1. The van der Waals surface area contributed by atoms with E-state index in [4.69, 9.17) is 9.84 Å². The standard InChI is InChI=1S/C12H11F3O3/c1-18-10-7-9(12(13,14)15)6-5-8(10)3-2-4-11(16)17/h2-3,5-7H,4H2,1H3,(H,16,17). The summed E-state index contributed by atoms with van der Waals surface area (Å²) < 4.78 is 42.2. The Bertz CT molecular complexity index is 464. The molecule has 0 spiro atoms. The van der Waals surface area contributed by atoms with Crippen LogP contribution < -0.4 is 4.74 Å². The number of halogens is 3. The molecule has 0 aliphatic heterocycles. The molecule has 0 amide bonds. The highest BCUT2D eigenvalue weighted by Crippen LogP contribution is 2.33. The van der Waals surface area contributed by atoms with Gasteiger partial charge in [0, 0.05) is 5.56 Å². The molecule has 0 saturated heterocycles. The van der Waals surface area contributed by atoms with E-state index in [1.54, 1.807) is 0 Å². The van der Waals surface area contributed by atoms with E-state index in [1.165, 1.54) is 25.3 Å². The van der Waals surface area contributed by atoms with Gasteiger partial charge < -0.3 is 9.84 Å². The molecule has 0 atom stereocenters. The third-order valence-corrected chi connectivity index (χ3v) is 2.15. The summed E-state index contributed by atoms with van der Waals surface area (Å²) in [6.45, 7) is 0. The van der Waals surface area contributed by atoms with E-state index in [1.807, 2.05) is 0 Å². The maximum absolute atomic E-state index is 12.4. The van der Waals surface area contributed by atoms with Crippen LogP contribution in [-0.4, -0.2) is 18.2 Å². The molecule has 1 aromatic carbocycles. The van der Waals surface area contributed by atoms with Gasteiger partial charge in [0.05, 0.1) is 19.1 Å². The van der Waals surface area contributed by atoms with Crippen molar-refractivity contribution in [2.75, 3.05) is 7.11 Å². The SMILES string of the molecule is COc1cc(C(F)(F)F)ccc1C=CCC(=O)O. The van der Waals surface area contributed by atoms with Crippen molar-refractivity contribution in [2.45, 2.75) is 12.6 Å². The molecule has 0 heterocycles. The summed E-state index contributed by atoms with van der Waals surface area (Å²) in [7, 11) is 1.25. The fourth-order valence-electron chi connectivity index (χ4n) is 1.31. The van der Waals surface area contributed by atoms with Gasteiger partial charge in [-0.25, -0.2) is 0 Å². The van der Waals surface area contributed by atoms with Crippen LogP contribution in [0.25, 0.3) is 6.08 Å². The molecule has 1 rings (SSSR count). The zero-order valence-electron chi connectivity index (χ0n) is 9.49. The minimum atomic E-state index is -4.43. The van der Waals surface area contributed by atoms with Gasteiger partial charge in [0.25, 0.3) is 0 Å². The molecule has 0 aromatic heterocycles. The minimum Gasteiger partial charge on any atom is -0.496 e. The van der Waals surface area contributed by atoms with Crippen LogP contribution in [0.4, 0.5) is 13.2 Å². The second-order valence-electron chi connectivity index (χ2n) is 3.45. The Balaban J connectivity index is 3.01. The molecule has 3 nitrogen and oxygen atoms in total. The van der Waals surface area contributed by atoms with Crippen molar-refractivity contribution in [1.82, 2.24) is 0 Å². The number of alkyl halides is 3. The number of rotatable bonds is 4. The predicted molar refractivity (Wildman–Crippen MR) is 59.3 cm³/mol. The maximum atomic E-state index is 12.4. The van der Waals surface area contributed by atoms with E-state index in [-0.39, 0.29) is 12.2 Å². The van der Waals surface area contributed by atoms with E-state index in [2.05, 4.69) is 0 Å². The van der Waals surface area contributed by atoms with Crippen LogP contribution in [0.3, 0.4) is 0 Å². The Kier molecular flexibility index (Phi) is 4.36. The summed E-state index contributed by atoms with van der Waals surface area (Å²) in [5.41, 5.74) is -0.415. The van der Waals surface area contributed by atoms with Crippen LogP contribution in [-0.2, 0) is 11.0 Å². The number of aliphatic carboxylic acids is 1. The number of benzene rings is 1. The van der Waals surface area contributed by atoms with Gasteiger partial charge in [-0.3, -0.25) is 4.79 Å². The second kappa shape index (κ2) is 5.57. The zero-order chi connectivity index (χ0) is 13.8. The van der Waals surface area contributed by atoms with Crippen molar-refractivity contribution < 1.29 is 27.8 Å². The van der Waals surface area contributed by atoms with Crippen molar-refractivity contribution in [3.8, 4) is 5.75 Å². The number of methoxy groups -OCH3 is 1. The van der Waals surface area contributed by atoms with Gasteiger partial charge in [-0.1, -0.05) is 18.2 Å². The lowest BCUT2D eigenvalue weighted by Gasteiger charge is -2.10. The Labute approximate surface area is 101 Å². The van der Waals surface area contributed by atoms with Crippen LogP contribution in [0.1, 0.15) is 17.5 Å². The summed E-state index contributed by atoms with van der Waals surface area (Å²) in [6, 6.07) is 3.03. The maximum Gasteiger partial charge on any atom is 0.416 e. The van der Waals surface area contributed by atoms with Gasteiger partial charge in [0.2, 0.25) is 0 Å². The Hall–Kier alpha value is -1.98. The van der Waals surface area contributed by atoms with E-state index < -0.39 is 17.7 Å². The molecule has 1 aromatic rings. The normalized spacial score (nSPS) is 11.8. The molecule has 0 saturated carbocycles. The topological polar surface area (TPSA) is 46.5 Å². The number of carboxylic acid groups (broad SMARTS) is 1. The molecular weight excluding hydrogens is 249 g/mol. The summed E-state index contributed by atoms with van der Waals surface area (Å²) >= 11 is 0. The van der Waals surface area contributed by atoms with Crippen molar-refractivity contribution >= 4 is 12.0 Å². The lowest BCUT2D eigenvalue weighted by atomic mass is 10.1. The summed E-state index contributed by atoms with van der Waals surface area (Å²) in [6.07, 6.45) is -1.89. The van der Waals surface area contributed by atoms with Crippen molar-refractivity contribution in [1.29, 1.82) is 0 Å². The van der Waals surface area contributed by atoms with E-state index in [0.29, 0.717) is 5.56 Å². The van der Waals surface area contributed by atoms with Gasteiger partial charge in [0.1, 0.15) is 5.75 Å². The third kappa shape index (κ3) is 3.80. The zero-order valence-corrected chi connectivity index (χ0v) is 9.49. The molecule has 0 aliphatic carbocycles. The highest BCUT2D eigenvalue weighted by atomic mass is 19.4. The van der Waals surface area contributed by atoms with E-state index in [9.17, 15) is 18.0 Å². The Morgan fingerprint density at radius 2 is 2.11 bits per heavy atom. The molecule has 0 radical (unpaired) electrons. The number of carbonyl (C=O) groups is 1. The Morgan fingerprint density at radius 3 is 2.61 bits per heavy atom. The Morgan fingerprint density at radius 1 is 1.44 bits per heavy atom. The quantitative estimate of drug-likeness (QED) is 0.904. The number of hydrogen-bond acceptors (Lipinski definition) is 2. The van der Waals surface area contributed by atoms with E-state index >= 15 is 0 Å². The van der Waals surface area contributed by atoms with Crippen LogP contribution >= 0.6 is 0 Å². The van der Waals surface area contributed by atoms with Crippen LogP contribution in [0.5, 0.6) is 5.75 Å². The van der Waals surface area contributed by atoms with E-state index in [0.717, 1.165) is 12.1 Å².